The van der Waals surface area contributed by atoms with Crippen LogP contribution in [0.3, 0.4) is 0 Å². The number of hydrogen-bond acceptors (Lipinski definition) is 4. The van der Waals surface area contributed by atoms with Gasteiger partial charge in [-0.3, -0.25) is 0 Å². The number of nitrogens with zero attached hydrogens (tertiary/aromatic N) is 2. The largest absolute Gasteiger partial charge is 0.381 e. The lowest BCUT2D eigenvalue weighted by Crippen LogP contribution is -2.55. The van der Waals surface area contributed by atoms with Crippen molar-refractivity contribution in [2.24, 2.45) is 7.05 Å². The highest BCUT2D eigenvalue weighted by molar-refractivity contribution is 4.98. The first kappa shape index (κ1) is 16.5. The van der Waals surface area contributed by atoms with Gasteiger partial charge >= 0.3 is 0 Å². The van der Waals surface area contributed by atoms with E-state index in [0.717, 1.165) is 57.7 Å². The van der Waals surface area contributed by atoms with Gasteiger partial charge in [-0.05, 0) is 19.4 Å². The molecule has 0 aromatic carbocycles. The van der Waals surface area contributed by atoms with Crippen molar-refractivity contribution >= 4 is 0 Å². The van der Waals surface area contributed by atoms with Gasteiger partial charge in [0.15, 0.2) is 0 Å². The molecule has 21 heavy (non-hydrogen) atoms. The monoisotopic (exact) mass is 295 g/mol. The smallest absolute Gasteiger partial charge is 0.108 e. The molecule has 5 heteroatoms. The normalized spacial score (nSPS) is 19.6. The number of ether oxygens (including phenoxy) is 2. The molecule has 2 rings (SSSR count). The van der Waals surface area contributed by atoms with Crippen LogP contribution in [0.2, 0.25) is 0 Å². The Bertz CT molecular complexity index is 413. The van der Waals surface area contributed by atoms with E-state index in [9.17, 15) is 0 Å². The van der Waals surface area contributed by atoms with Crippen molar-refractivity contribution in [3.8, 4) is 0 Å². The molecule has 5 nitrogen and oxygen atoms in total. The molecular formula is C16H29N3O2. The van der Waals surface area contributed by atoms with E-state index in [2.05, 4.69) is 28.8 Å². The Morgan fingerprint density at radius 3 is 2.81 bits per heavy atom. The highest BCUT2D eigenvalue weighted by Crippen LogP contribution is 2.30. The molecule has 0 aliphatic carbocycles. The van der Waals surface area contributed by atoms with Gasteiger partial charge in [-0.2, -0.15) is 0 Å². The van der Waals surface area contributed by atoms with E-state index in [4.69, 9.17) is 9.47 Å². The number of aromatic nitrogens is 2. The zero-order valence-corrected chi connectivity index (χ0v) is 13.6. The molecule has 1 saturated heterocycles. The zero-order valence-electron chi connectivity index (χ0n) is 13.6. The van der Waals surface area contributed by atoms with Crippen LogP contribution in [-0.4, -0.2) is 48.1 Å². The predicted molar refractivity (Wildman–Crippen MR) is 83.4 cm³/mol. The summed E-state index contributed by atoms with van der Waals surface area (Å²) in [5, 5.41) is 3.70. The molecule has 0 radical (unpaired) electrons. The zero-order chi connectivity index (χ0) is 15.1. The van der Waals surface area contributed by atoms with E-state index < -0.39 is 0 Å². The Morgan fingerprint density at radius 2 is 2.24 bits per heavy atom. The van der Waals surface area contributed by atoms with Gasteiger partial charge in [0.25, 0.3) is 0 Å². The third kappa shape index (κ3) is 4.05. The summed E-state index contributed by atoms with van der Waals surface area (Å²) in [5.74, 6) is 1.14. The third-order valence-corrected chi connectivity index (χ3v) is 4.60. The van der Waals surface area contributed by atoms with Crippen LogP contribution in [0.5, 0.6) is 0 Å². The molecule has 2 heterocycles. The molecule has 1 unspecified atom stereocenters. The lowest BCUT2D eigenvalue weighted by atomic mass is 9.83. The van der Waals surface area contributed by atoms with Gasteiger partial charge in [-0.25, -0.2) is 4.98 Å². The third-order valence-electron chi connectivity index (χ3n) is 4.60. The van der Waals surface area contributed by atoms with Crippen LogP contribution in [-0.2, 0) is 22.9 Å². The van der Waals surface area contributed by atoms with Gasteiger partial charge in [0, 0.05) is 65.1 Å². The standard InChI is InChI=1S/C16H29N3O2/c1-4-9-17-14(5-6-15-18-10-11-19(15)2)16(20-3)7-12-21-13-8-16/h10-11,14,17H,4-9,12-13H2,1-3H3. The van der Waals surface area contributed by atoms with Crippen LogP contribution in [0.25, 0.3) is 0 Å². The van der Waals surface area contributed by atoms with Gasteiger partial charge in [-0.1, -0.05) is 6.92 Å². The van der Waals surface area contributed by atoms with Crippen molar-refractivity contribution in [3.63, 3.8) is 0 Å². The van der Waals surface area contributed by atoms with Gasteiger partial charge in [0.05, 0.1) is 5.60 Å². The Labute approximate surface area is 128 Å². The van der Waals surface area contributed by atoms with Crippen molar-refractivity contribution in [1.29, 1.82) is 0 Å². The predicted octanol–water partition coefficient (Wildman–Crippen LogP) is 1.92. The number of nitrogens with one attached hydrogen (secondary N) is 1. The maximum atomic E-state index is 5.97. The highest BCUT2D eigenvalue weighted by atomic mass is 16.5. The topological polar surface area (TPSA) is 48.3 Å². The van der Waals surface area contributed by atoms with Crippen molar-refractivity contribution in [1.82, 2.24) is 14.9 Å². The number of hydrogen-bond donors (Lipinski definition) is 1. The fourth-order valence-corrected chi connectivity index (χ4v) is 3.19. The van der Waals surface area contributed by atoms with E-state index >= 15 is 0 Å². The molecular weight excluding hydrogens is 266 g/mol. The summed E-state index contributed by atoms with van der Waals surface area (Å²) in [7, 11) is 3.89. The molecule has 1 fully saturated rings. The van der Waals surface area contributed by atoms with Crippen molar-refractivity contribution in [2.45, 2.75) is 50.7 Å². The fraction of sp³-hybridized carbons (Fsp3) is 0.812. The maximum absolute atomic E-state index is 5.97. The Kier molecular flexibility index (Phi) is 6.21. The van der Waals surface area contributed by atoms with Gasteiger partial charge in [0.1, 0.15) is 5.82 Å². The van der Waals surface area contributed by atoms with E-state index in [-0.39, 0.29) is 5.60 Å². The molecule has 120 valence electrons. The lowest BCUT2D eigenvalue weighted by Gasteiger charge is -2.43. The first-order chi connectivity index (χ1) is 10.2. The highest BCUT2D eigenvalue weighted by Gasteiger charge is 2.40. The Hall–Kier alpha value is -0.910. The van der Waals surface area contributed by atoms with Gasteiger partial charge in [-0.15, -0.1) is 0 Å². The number of rotatable bonds is 8. The van der Waals surface area contributed by atoms with Crippen molar-refractivity contribution in [2.75, 3.05) is 26.9 Å². The summed E-state index contributed by atoms with van der Waals surface area (Å²) in [6.45, 7) is 4.81. The molecule has 0 bridgehead atoms. The minimum Gasteiger partial charge on any atom is -0.381 e. The van der Waals surface area contributed by atoms with Crippen LogP contribution in [0, 0.1) is 0 Å². The van der Waals surface area contributed by atoms with E-state index in [1.54, 1.807) is 0 Å². The second-order valence-corrected chi connectivity index (χ2v) is 5.88. The first-order valence-corrected chi connectivity index (χ1v) is 8.04. The average Bonchev–Trinajstić information content (AvgIpc) is 2.93. The number of imidazole rings is 1. The second kappa shape index (κ2) is 7.92. The summed E-state index contributed by atoms with van der Waals surface area (Å²) >= 11 is 0. The molecule has 0 spiro atoms. The summed E-state index contributed by atoms with van der Waals surface area (Å²) in [6.07, 6.45) is 8.94. The average molecular weight is 295 g/mol. The molecule has 0 saturated carbocycles. The van der Waals surface area contributed by atoms with E-state index in [1.807, 2.05) is 19.5 Å². The van der Waals surface area contributed by atoms with Crippen LogP contribution in [0.1, 0.15) is 38.4 Å². The molecule has 1 aliphatic heterocycles. The minimum atomic E-state index is -0.0986. The molecule has 0 amide bonds. The first-order valence-electron chi connectivity index (χ1n) is 8.04. The van der Waals surface area contributed by atoms with Crippen molar-refractivity contribution in [3.05, 3.63) is 18.2 Å². The summed E-state index contributed by atoms with van der Waals surface area (Å²) < 4.78 is 13.6. The second-order valence-electron chi connectivity index (χ2n) is 5.88. The SMILES string of the molecule is CCCNC(CCc1nccn1C)C1(OC)CCOCC1. The van der Waals surface area contributed by atoms with Crippen LogP contribution < -0.4 is 5.32 Å². The molecule has 1 aromatic heterocycles. The summed E-state index contributed by atoms with van der Waals surface area (Å²) in [5.41, 5.74) is -0.0986. The summed E-state index contributed by atoms with van der Waals surface area (Å²) in [6, 6.07) is 0.350. The number of methoxy groups -OCH3 is 1. The Morgan fingerprint density at radius 1 is 1.48 bits per heavy atom. The molecule has 1 atom stereocenters. The quantitative estimate of drug-likeness (QED) is 0.796. The molecule has 1 aromatic rings. The van der Waals surface area contributed by atoms with Gasteiger partial charge < -0.3 is 19.4 Å². The minimum absolute atomic E-state index is 0.0986. The van der Waals surface area contributed by atoms with Crippen LogP contribution in [0.15, 0.2) is 12.4 Å². The Balaban J connectivity index is 2.03. The van der Waals surface area contributed by atoms with Crippen molar-refractivity contribution < 1.29 is 9.47 Å². The summed E-state index contributed by atoms with van der Waals surface area (Å²) in [4.78, 5) is 4.43. The molecule has 1 N–H and O–H groups in total. The number of aryl methyl sites for hydroxylation is 2. The van der Waals surface area contributed by atoms with Crippen LogP contribution in [0.4, 0.5) is 0 Å². The van der Waals surface area contributed by atoms with Gasteiger partial charge in [0.2, 0.25) is 0 Å². The maximum Gasteiger partial charge on any atom is 0.108 e. The lowest BCUT2D eigenvalue weighted by molar-refractivity contribution is -0.111. The van der Waals surface area contributed by atoms with E-state index in [1.165, 1.54) is 0 Å². The van der Waals surface area contributed by atoms with Crippen LogP contribution >= 0.6 is 0 Å². The fourth-order valence-electron chi connectivity index (χ4n) is 3.19. The molecule has 1 aliphatic rings. The van der Waals surface area contributed by atoms with E-state index in [0.29, 0.717) is 6.04 Å².